The van der Waals surface area contributed by atoms with Crippen molar-refractivity contribution >= 4 is 45.5 Å². The van der Waals surface area contributed by atoms with Crippen LogP contribution in [0.4, 0.5) is 0 Å². The van der Waals surface area contributed by atoms with Crippen LogP contribution in [0.2, 0.25) is 5.02 Å². The summed E-state index contributed by atoms with van der Waals surface area (Å²) in [6, 6.07) is 7.39. The van der Waals surface area contributed by atoms with Crippen LogP contribution in [0.25, 0.3) is 10.9 Å². The molecule has 1 heterocycles. The number of rotatable bonds is 1. The summed E-state index contributed by atoms with van der Waals surface area (Å²) in [6.07, 6.45) is 1.72. The highest BCUT2D eigenvalue weighted by Gasteiger charge is 2.05. The molecule has 0 radical (unpaired) electrons. The highest BCUT2D eigenvalue weighted by Crippen LogP contribution is 2.30. The maximum absolute atomic E-state index is 5.99. The fraction of sp³-hybridized carbons (Fsp3) is 0. The number of halogens is 2. The summed E-state index contributed by atoms with van der Waals surface area (Å²) in [4.78, 5) is 4.20. The largest absolute Gasteiger partial charge is 0.425 e. The van der Waals surface area contributed by atoms with Gasteiger partial charge < -0.3 is 3.07 Å². The zero-order chi connectivity index (χ0) is 9.26. The first-order valence-electron chi connectivity index (χ1n) is 3.65. The first-order chi connectivity index (χ1) is 6.33. The fourth-order valence-electron chi connectivity index (χ4n) is 1.17. The van der Waals surface area contributed by atoms with E-state index in [9.17, 15) is 0 Å². The van der Waals surface area contributed by atoms with Crippen molar-refractivity contribution in [3.8, 4) is 5.75 Å². The molecule has 2 rings (SSSR count). The topological polar surface area (TPSA) is 22.1 Å². The summed E-state index contributed by atoms with van der Waals surface area (Å²) < 4.78 is 5.13. The molecule has 0 aliphatic heterocycles. The second-order valence-electron chi connectivity index (χ2n) is 2.52. The molecule has 0 bridgehead atoms. The number of benzene rings is 1. The lowest BCUT2D eigenvalue weighted by Crippen LogP contribution is -1.82. The Kier molecular flexibility index (Phi) is 2.55. The van der Waals surface area contributed by atoms with Gasteiger partial charge in [0.1, 0.15) is 5.52 Å². The van der Waals surface area contributed by atoms with Crippen molar-refractivity contribution in [1.82, 2.24) is 4.98 Å². The normalized spacial score (nSPS) is 10.3. The van der Waals surface area contributed by atoms with E-state index in [0.717, 1.165) is 16.7 Å². The number of hydrogen-bond donors (Lipinski definition) is 0. The van der Waals surface area contributed by atoms with Crippen LogP contribution >= 0.6 is 34.6 Å². The van der Waals surface area contributed by atoms with E-state index in [4.69, 9.17) is 14.7 Å². The Morgan fingerprint density at radius 1 is 1.31 bits per heavy atom. The van der Waals surface area contributed by atoms with E-state index >= 15 is 0 Å². The molecule has 2 aromatic rings. The van der Waals surface area contributed by atoms with Gasteiger partial charge in [-0.25, -0.2) is 0 Å². The van der Waals surface area contributed by atoms with E-state index in [1.807, 2.05) is 41.2 Å². The molecule has 0 saturated heterocycles. The molecule has 0 aliphatic rings. The van der Waals surface area contributed by atoms with Crippen LogP contribution in [-0.2, 0) is 0 Å². The third-order valence-corrected chi connectivity index (χ3v) is 2.57. The lowest BCUT2D eigenvalue weighted by Gasteiger charge is -2.03. The summed E-state index contributed by atoms with van der Waals surface area (Å²) in [6.45, 7) is 0. The lowest BCUT2D eigenvalue weighted by atomic mass is 10.2. The van der Waals surface area contributed by atoms with Gasteiger partial charge in [-0.2, -0.15) is 0 Å². The lowest BCUT2D eigenvalue weighted by molar-refractivity contribution is 0.723. The predicted molar refractivity (Wildman–Crippen MR) is 61.4 cm³/mol. The first kappa shape index (κ1) is 9.02. The Bertz CT molecular complexity index is 447. The van der Waals surface area contributed by atoms with E-state index in [2.05, 4.69) is 4.98 Å². The molecule has 13 heavy (non-hydrogen) atoms. The Hall–Kier alpha value is -0.550. The molecule has 0 N–H and O–H groups in total. The second-order valence-corrected chi connectivity index (χ2v) is 3.37. The van der Waals surface area contributed by atoms with E-state index < -0.39 is 0 Å². The van der Waals surface area contributed by atoms with Gasteiger partial charge in [0.2, 0.25) is 0 Å². The van der Waals surface area contributed by atoms with Crippen molar-refractivity contribution in [2.45, 2.75) is 0 Å². The van der Waals surface area contributed by atoms with Gasteiger partial charge >= 0.3 is 0 Å². The number of pyridine rings is 1. The smallest absolute Gasteiger partial charge is 0.192 e. The molecular formula is C9H5ClINO. The van der Waals surface area contributed by atoms with Crippen LogP contribution in [-0.4, -0.2) is 4.98 Å². The average Bonchev–Trinajstić information content (AvgIpc) is 2.19. The van der Waals surface area contributed by atoms with Gasteiger partial charge in [0.25, 0.3) is 0 Å². The Labute approximate surface area is 94.6 Å². The van der Waals surface area contributed by atoms with E-state index in [-0.39, 0.29) is 0 Å². The minimum Gasteiger partial charge on any atom is -0.425 e. The quantitative estimate of drug-likeness (QED) is 0.751. The monoisotopic (exact) mass is 305 g/mol. The zero-order valence-electron chi connectivity index (χ0n) is 6.50. The van der Waals surface area contributed by atoms with Crippen molar-refractivity contribution in [2.24, 2.45) is 0 Å². The van der Waals surface area contributed by atoms with Gasteiger partial charge in [-0.05, 0) is 24.3 Å². The van der Waals surface area contributed by atoms with E-state index in [1.165, 1.54) is 0 Å². The molecule has 0 unspecified atom stereocenters. The molecule has 0 fully saturated rings. The zero-order valence-corrected chi connectivity index (χ0v) is 9.41. The number of aromatic nitrogens is 1. The molecule has 0 aliphatic carbocycles. The Morgan fingerprint density at radius 3 is 2.92 bits per heavy atom. The van der Waals surface area contributed by atoms with Crippen LogP contribution in [0.1, 0.15) is 0 Å². The average molecular weight is 306 g/mol. The Balaban J connectivity index is 2.84. The van der Waals surface area contributed by atoms with Crippen LogP contribution in [0.3, 0.4) is 0 Å². The number of nitrogens with zero attached hydrogens (tertiary/aromatic N) is 1. The third kappa shape index (κ3) is 1.58. The summed E-state index contributed by atoms with van der Waals surface area (Å²) in [5.41, 5.74) is 0.796. The summed E-state index contributed by atoms with van der Waals surface area (Å²) in [5.74, 6) is 0.737. The van der Waals surface area contributed by atoms with Crippen LogP contribution in [0.15, 0.2) is 30.5 Å². The minimum atomic E-state index is 0.695. The summed E-state index contributed by atoms with van der Waals surface area (Å²) in [5, 5.41) is 1.61. The molecule has 2 nitrogen and oxygen atoms in total. The second kappa shape index (κ2) is 3.67. The van der Waals surface area contributed by atoms with Gasteiger partial charge in [-0.3, -0.25) is 4.98 Å². The molecule has 1 aromatic heterocycles. The summed E-state index contributed by atoms with van der Waals surface area (Å²) in [7, 11) is 0. The molecule has 0 amide bonds. The van der Waals surface area contributed by atoms with Gasteiger partial charge in [0.15, 0.2) is 28.8 Å². The predicted octanol–water partition coefficient (Wildman–Crippen LogP) is 3.62. The van der Waals surface area contributed by atoms with Crippen molar-refractivity contribution in [3.05, 3.63) is 35.5 Å². The molecule has 0 spiro atoms. The number of fused-ring (bicyclic) bond motifs is 1. The maximum Gasteiger partial charge on any atom is 0.192 e. The molecule has 0 saturated carbocycles. The molecular weight excluding hydrogens is 300 g/mol. The highest BCUT2D eigenvalue weighted by atomic mass is 127. The Morgan fingerprint density at radius 2 is 2.15 bits per heavy atom. The van der Waals surface area contributed by atoms with E-state index in [1.54, 1.807) is 12.3 Å². The SMILES string of the molecule is Clc1ccc(OI)c2ncccc12. The van der Waals surface area contributed by atoms with Crippen molar-refractivity contribution in [2.75, 3.05) is 0 Å². The molecule has 1 aromatic carbocycles. The number of hydrogen-bond acceptors (Lipinski definition) is 2. The van der Waals surface area contributed by atoms with Crippen LogP contribution in [0, 0.1) is 0 Å². The van der Waals surface area contributed by atoms with Gasteiger partial charge in [0.05, 0.1) is 5.02 Å². The van der Waals surface area contributed by atoms with Gasteiger partial charge in [-0.15, -0.1) is 0 Å². The van der Waals surface area contributed by atoms with Gasteiger partial charge in [0, 0.05) is 11.6 Å². The van der Waals surface area contributed by atoms with Crippen LogP contribution in [0.5, 0.6) is 5.75 Å². The highest BCUT2D eigenvalue weighted by molar-refractivity contribution is 14.1. The first-order valence-corrected chi connectivity index (χ1v) is 4.90. The maximum atomic E-state index is 5.99. The molecule has 66 valence electrons. The molecule has 4 heteroatoms. The van der Waals surface area contributed by atoms with Crippen molar-refractivity contribution in [3.63, 3.8) is 0 Å². The minimum absolute atomic E-state index is 0.695. The van der Waals surface area contributed by atoms with Crippen molar-refractivity contribution < 1.29 is 3.07 Å². The van der Waals surface area contributed by atoms with E-state index in [0.29, 0.717) is 5.02 Å². The molecule has 0 atom stereocenters. The fourth-order valence-corrected chi connectivity index (χ4v) is 1.75. The standard InChI is InChI=1S/C9H5ClINO/c10-7-3-4-8(13-11)9-6(7)2-1-5-12-9/h1-5H. The van der Waals surface area contributed by atoms with Gasteiger partial charge in [-0.1, -0.05) is 11.6 Å². The van der Waals surface area contributed by atoms with Crippen LogP contribution < -0.4 is 3.07 Å². The van der Waals surface area contributed by atoms with Crippen molar-refractivity contribution in [1.29, 1.82) is 0 Å². The third-order valence-electron chi connectivity index (χ3n) is 1.76. The summed E-state index contributed by atoms with van der Waals surface area (Å²) >= 11 is 7.82.